The number of benzene rings is 1. The van der Waals surface area contributed by atoms with Crippen LogP contribution in [0.15, 0.2) is 66.7 Å². The summed E-state index contributed by atoms with van der Waals surface area (Å²) in [5.74, 6) is -0.146. The quantitative estimate of drug-likeness (QED) is 0.731. The highest BCUT2D eigenvalue weighted by atomic mass is 16.7. The summed E-state index contributed by atoms with van der Waals surface area (Å²) in [6.07, 6.45) is 5.91. The van der Waals surface area contributed by atoms with E-state index in [2.05, 4.69) is 10.3 Å². The molecule has 2 N–H and O–H groups in total. The van der Waals surface area contributed by atoms with Gasteiger partial charge in [0.05, 0.1) is 11.9 Å². The number of nitrogens with zero attached hydrogens (tertiary/aromatic N) is 1. The number of ether oxygens (including phenoxy) is 2. The normalized spacial score (nSPS) is 21.5. The lowest BCUT2D eigenvalue weighted by Crippen LogP contribution is -2.37. The van der Waals surface area contributed by atoms with Crippen molar-refractivity contribution in [3.63, 3.8) is 0 Å². The van der Waals surface area contributed by atoms with E-state index in [0.717, 1.165) is 12.0 Å². The number of rotatable bonds is 8. The number of hydrogen-bond donors (Lipinski definition) is 2. The van der Waals surface area contributed by atoms with Crippen molar-refractivity contribution in [2.75, 3.05) is 18.5 Å². The summed E-state index contributed by atoms with van der Waals surface area (Å²) >= 11 is 0. The molecule has 0 saturated carbocycles. The number of amides is 1. The van der Waals surface area contributed by atoms with Crippen LogP contribution in [0.5, 0.6) is 0 Å². The minimum Gasteiger partial charge on any atom is -0.459 e. The zero-order chi connectivity index (χ0) is 19.8. The van der Waals surface area contributed by atoms with E-state index in [-0.39, 0.29) is 30.1 Å². The summed E-state index contributed by atoms with van der Waals surface area (Å²) in [5.41, 5.74) is 1.69. The molecule has 0 fully saturated rings. The van der Waals surface area contributed by atoms with Gasteiger partial charge in [0.2, 0.25) is 6.29 Å². The average Bonchev–Trinajstić information content (AvgIpc) is 2.74. The van der Waals surface area contributed by atoms with Gasteiger partial charge in [-0.05, 0) is 43.5 Å². The van der Waals surface area contributed by atoms with Crippen LogP contribution in [0.1, 0.15) is 31.2 Å². The second-order valence-corrected chi connectivity index (χ2v) is 6.63. The standard InChI is InChI=1S/C22H26N2O4/c1-2-27-22-18(11-7-13-25)19(16-8-4-3-5-9-16)14-20(28-22)21(26)24-17-10-6-12-23-15-17/h3-6,8-10,12,14-15,18-19,22,25H,2,7,11,13H2,1H3,(H,24,26)/t18-,19-,22-/m0/s1. The van der Waals surface area contributed by atoms with Crippen molar-refractivity contribution >= 4 is 11.6 Å². The molecule has 0 bridgehead atoms. The number of hydrogen-bond acceptors (Lipinski definition) is 5. The van der Waals surface area contributed by atoms with E-state index in [1.807, 2.05) is 43.3 Å². The number of anilines is 1. The Bertz CT molecular complexity index is 780. The molecule has 0 unspecified atom stereocenters. The highest BCUT2D eigenvalue weighted by Crippen LogP contribution is 2.39. The number of pyridine rings is 1. The highest BCUT2D eigenvalue weighted by Gasteiger charge is 2.37. The van der Waals surface area contributed by atoms with E-state index >= 15 is 0 Å². The Morgan fingerprint density at radius 3 is 2.75 bits per heavy atom. The molecule has 0 saturated heterocycles. The van der Waals surface area contributed by atoms with Crippen LogP contribution in [0, 0.1) is 5.92 Å². The Morgan fingerprint density at radius 2 is 2.07 bits per heavy atom. The fourth-order valence-corrected chi connectivity index (χ4v) is 3.45. The second kappa shape index (κ2) is 10.0. The number of aliphatic hydroxyl groups is 1. The lowest BCUT2D eigenvalue weighted by molar-refractivity contribution is -0.165. The zero-order valence-corrected chi connectivity index (χ0v) is 16.0. The molecule has 28 heavy (non-hydrogen) atoms. The first-order valence-corrected chi connectivity index (χ1v) is 9.60. The Hall–Kier alpha value is -2.70. The summed E-state index contributed by atoms with van der Waals surface area (Å²) in [4.78, 5) is 16.8. The number of nitrogens with one attached hydrogen (secondary N) is 1. The van der Waals surface area contributed by atoms with Crippen LogP contribution in [0.3, 0.4) is 0 Å². The highest BCUT2D eigenvalue weighted by molar-refractivity contribution is 6.02. The molecule has 6 nitrogen and oxygen atoms in total. The fraction of sp³-hybridized carbons (Fsp3) is 0.364. The van der Waals surface area contributed by atoms with Crippen LogP contribution in [0.2, 0.25) is 0 Å². The van der Waals surface area contributed by atoms with E-state index in [1.165, 1.54) is 0 Å². The predicted molar refractivity (Wildman–Crippen MR) is 106 cm³/mol. The molecule has 1 aliphatic rings. The molecule has 0 spiro atoms. The van der Waals surface area contributed by atoms with E-state index in [1.54, 1.807) is 24.5 Å². The molecule has 3 atom stereocenters. The van der Waals surface area contributed by atoms with Crippen molar-refractivity contribution in [2.24, 2.45) is 5.92 Å². The van der Waals surface area contributed by atoms with Gasteiger partial charge in [0, 0.05) is 31.2 Å². The third-order valence-corrected chi connectivity index (χ3v) is 4.74. The van der Waals surface area contributed by atoms with Crippen LogP contribution in [-0.4, -0.2) is 35.5 Å². The van der Waals surface area contributed by atoms with Crippen molar-refractivity contribution in [3.8, 4) is 0 Å². The molecule has 148 valence electrons. The molecular weight excluding hydrogens is 356 g/mol. The van der Waals surface area contributed by atoms with Crippen LogP contribution >= 0.6 is 0 Å². The number of allylic oxidation sites excluding steroid dienone is 1. The Morgan fingerprint density at radius 1 is 1.25 bits per heavy atom. The van der Waals surface area contributed by atoms with Gasteiger partial charge >= 0.3 is 0 Å². The zero-order valence-electron chi connectivity index (χ0n) is 16.0. The Labute approximate surface area is 165 Å². The molecular formula is C22H26N2O4. The maximum atomic E-state index is 12.8. The summed E-state index contributed by atoms with van der Waals surface area (Å²) in [6.45, 7) is 2.48. The molecule has 6 heteroatoms. The van der Waals surface area contributed by atoms with Gasteiger partial charge in [-0.3, -0.25) is 9.78 Å². The van der Waals surface area contributed by atoms with E-state index in [4.69, 9.17) is 9.47 Å². The first-order chi connectivity index (χ1) is 13.7. The molecule has 1 amide bonds. The van der Waals surface area contributed by atoms with Crippen LogP contribution in [-0.2, 0) is 14.3 Å². The maximum absolute atomic E-state index is 12.8. The minimum absolute atomic E-state index is 0.00411. The second-order valence-electron chi connectivity index (χ2n) is 6.63. The molecule has 1 aliphatic heterocycles. The summed E-state index contributed by atoms with van der Waals surface area (Å²) in [6, 6.07) is 13.5. The van der Waals surface area contributed by atoms with Crippen molar-refractivity contribution in [1.82, 2.24) is 4.98 Å². The monoisotopic (exact) mass is 382 g/mol. The molecule has 3 rings (SSSR count). The molecule has 1 aromatic carbocycles. The summed E-state index contributed by atoms with van der Waals surface area (Å²) in [5, 5.41) is 12.1. The first-order valence-electron chi connectivity index (χ1n) is 9.60. The van der Waals surface area contributed by atoms with Crippen molar-refractivity contribution in [2.45, 2.75) is 32.0 Å². The maximum Gasteiger partial charge on any atom is 0.290 e. The summed E-state index contributed by atoms with van der Waals surface area (Å²) in [7, 11) is 0. The Balaban J connectivity index is 1.90. The predicted octanol–water partition coefficient (Wildman–Crippen LogP) is 3.47. The smallest absolute Gasteiger partial charge is 0.290 e. The number of carbonyl (C=O) groups is 1. The fourth-order valence-electron chi connectivity index (χ4n) is 3.45. The number of carbonyl (C=O) groups excluding carboxylic acids is 1. The molecule has 0 aliphatic carbocycles. The van der Waals surface area contributed by atoms with Gasteiger partial charge in [-0.1, -0.05) is 30.3 Å². The lowest BCUT2D eigenvalue weighted by Gasteiger charge is -2.37. The molecule has 2 heterocycles. The number of aromatic nitrogens is 1. The van der Waals surface area contributed by atoms with Gasteiger partial charge < -0.3 is 19.9 Å². The van der Waals surface area contributed by atoms with Crippen LogP contribution in [0.25, 0.3) is 0 Å². The SMILES string of the molecule is CCO[C@H]1OC(C(=O)Nc2cccnc2)=C[C@@H](c2ccccc2)[C@@H]1CCCO. The topological polar surface area (TPSA) is 80.7 Å². The van der Waals surface area contributed by atoms with E-state index in [0.29, 0.717) is 18.7 Å². The van der Waals surface area contributed by atoms with Gasteiger partial charge in [0.25, 0.3) is 5.91 Å². The third-order valence-electron chi connectivity index (χ3n) is 4.74. The minimum atomic E-state index is -0.554. The Kier molecular flexibility index (Phi) is 7.17. The van der Waals surface area contributed by atoms with Gasteiger partial charge in [0.1, 0.15) is 0 Å². The summed E-state index contributed by atoms with van der Waals surface area (Å²) < 4.78 is 11.8. The first kappa shape index (κ1) is 20.0. The van der Waals surface area contributed by atoms with E-state index in [9.17, 15) is 9.90 Å². The van der Waals surface area contributed by atoms with Gasteiger partial charge in [-0.25, -0.2) is 0 Å². The van der Waals surface area contributed by atoms with Crippen molar-refractivity contribution in [3.05, 3.63) is 72.3 Å². The largest absolute Gasteiger partial charge is 0.459 e. The molecule has 0 radical (unpaired) electrons. The van der Waals surface area contributed by atoms with E-state index < -0.39 is 6.29 Å². The third kappa shape index (κ3) is 4.97. The van der Waals surface area contributed by atoms with Crippen LogP contribution in [0.4, 0.5) is 5.69 Å². The van der Waals surface area contributed by atoms with Gasteiger partial charge in [-0.15, -0.1) is 0 Å². The van der Waals surface area contributed by atoms with Gasteiger partial charge in [-0.2, -0.15) is 0 Å². The van der Waals surface area contributed by atoms with Crippen molar-refractivity contribution < 1.29 is 19.4 Å². The molecule has 2 aromatic rings. The molecule has 1 aromatic heterocycles. The van der Waals surface area contributed by atoms with Crippen molar-refractivity contribution in [1.29, 1.82) is 0 Å². The van der Waals surface area contributed by atoms with Gasteiger partial charge in [0.15, 0.2) is 5.76 Å². The lowest BCUT2D eigenvalue weighted by atomic mass is 9.80. The van der Waals surface area contributed by atoms with Crippen LogP contribution < -0.4 is 5.32 Å². The average molecular weight is 382 g/mol. The number of aliphatic hydroxyl groups excluding tert-OH is 1.